The molecule has 0 saturated heterocycles. The largest absolute Gasteiger partial charge is 0.493 e. The number of thioether (sulfide) groups is 1. The summed E-state index contributed by atoms with van der Waals surface area (Å²) in [5.74, 6) is 1.71. The van der Waals surface area contributed by atoms with E-state index >= 15 is 0 Å². The third-order valence-electron chi connectivity index (χ3n) is 5.13. The van der Waals surface area contributed by atoms with Crippen LogP contribution in [0.1, 0.15) is 25.6 Å². The summed E-state index contributed by atoms with van der Waals surface area (Å²) in [5.41, 5.74) is 2.18. The second-order valence-electron chi connectivity index (χ2n) is 7.00. The second-order valence-corrected chi connectivity index (χ2v) is 9.42. The highest BCUT2D eigenvalue weighted by molar-refractivity contribution is 14.1. The zero-order valence-corrected chi connectivity index (χ0v) is 21.0. The number of aromatic nitrogens is 3. The summed E-state index contributed by atoms with van der Waals surface area (Å²) in [7, 11) is 3.15. The summed E-state index contributed by atoms with van der Waals surface area (Å²) in [4.78, 5) is 30.7. The average molecular weight is 565 g/mol. The normalized spacial score (nSPS) is 14.5. The van der Waals surface area contributed by atoms with Crippen molar-refractivity contribution in [3.05, 3.63) is 55.9 Å². The quantitative estimate of drug-likeness (QED) is 0.290. The molecule has 166 valence electrons. The van der Waals surface area contributed by atoms with E-state index in [1.807, 2.05) is 43.3 Å². The summed E-state index contributed by atoms with van der Waals surface area (Å²) in [6, 6.07) is 11.1. The van der Waals surface area contributed by atoms with Crippen molar-refractivity contribution in [3.63, 3.8) is 0 Å². The Labute approximate surface area is 203 Å². The van der Waals surface area contributed by atoms with Crippen molar-refractivity contribution >= 4 is 45.9 Å². The van der Waals surface area contributed by atoms with Crippen molar-refractivity contribution in [2.75, 3.05) is 24.9 Å². The van der Waals surface area contributed by atoms with E-state index in [4.69, 9.17) is 14.6 Å². The highest BCUT2D eigenvalue weighted by Gasteiger charge is 2.45. The highest BCUT2D eigenvalue weighted by atomic mass is 127. The van der Waals surface area contributed by atoms with Crippen LogP contribution in [0.2, 0.25) is 0 Å². The first kappa shape index (κ1) is 22.6. The molecule has 1 atom stereocenters. The Kier molecular flexibility index (Phi) is 6.42. The van der Waals surface area contributed by atoms with Gasteiger partial charge in [-0.05, 0) is 57.3 Å². The van der Waals surface area contributed by atoms with Crippen LogP contribution in [0, 0.1) is 3.57 Å². The van der Waals surface area contributed by atoms with Crippen LogP contribution in [-0.2, 0) is 4.79 Å². The topological polar surface area (TPSA) is 88.4 Å². The summed E-state index contributed by atoms with van der Waals surface area (Å²) < 4.78 is 13.5. The first-order valence-electron chi connectivity index (χ1n) is 9.90. The molecular formula is C22H22IN4O4S+. The third kappa shape index (κ3) is 3.75. The Hall–Kier alpha value is -2.60. The van der Waals surface area contributed by atoms with Gasteiger partial charge in [-0.3, -0.25) is 14.6 Å². The highest BCUT2D eigenvalue weighted by Crippen LogP contribution is 2.41. The predicted octanol–water partition coefficient (Wildman–Crippen LogP) is 3.37. The Bertz CT molecular complexity index is 1260. The van der Waals surface area contributed by atoms with Gasteiger partial charge in [-0.2, -0.15) is 0 Å². The molecular weight excluding hydrogens is 543 g/mol. The van der Waals surface area contributed by atoms with E-state index in [-0.39, 0.29) is 11.5 Å². The molecule has 8 nitrogen and oxygen atoms in total. The maximum atomic E-state index is 13.2. The number of para-hydroxylation sites is 1. The van der Waals surface area contributed by atoms with Crippen LogP contribution < -0.4 is 24.6 Å². The van der Waals surface area contributed by atoms with Crippen molar-refractivity contribution in [3.8, 4) is 22.8 Å². The number of halogens is 1. The van der Waals surface area contributed by atoms with Gasteiger partial charge in [-0.15, -0.1) is 0 Å². The van der Waals surface area contributed by atoms with Gasteiger partial charge in [-0.1, -0.05) is 30.8 Å². The van der Waals surface area contributed by atoms with E-state index < -0.39 is 6.17 Å². The molecule has 0 aliphatic carbocycles. The van der Waals surface area contributed by atoms with E-state index in [0.29, 0.717) is 33.6 Å². The summed E-state index contributed by atoms with van der Waals surface area (Å²) >= 11 is 3.60. The number of aromatic amines is 1. The lowest BCUT2D eigenvalue weighted by molar-refractivity contribution is -0.763. The number of amides is 1. The molecule has 1 aliphatic heterocycles. The fourth-order valence-electron chi connectivity index (χ4n) is 3.90. The predicted molar refractivity (Wildman–Crippen MR) is 130 cm³/mol. The fraction of sp³-hybridized carbons (Fsp3) is 0.273. The Morgan fingerprint density at radius 3 is 2.69 bits per heavy atom. The van der Waals surface area contributed by atoms with E-state index in [9.17, 15) is 9.59 Å². The number of nitrogens with one attached hydrogen (secondary N) is 1. The van der Waals surface area contributed by atoms with Crippen LogP contribution in [0.15, 0.2) is 46.3 Å². The number of rotatable bonds is 5. The molecule has 3 aromatic rings. The monoisotopic (exact) mass is 565 g/mol. The molecule has 1 unspecified atom stereocenters. The molecule has 0 bridgehead atoms. The Morgan fingerprint density at radius 2 is 2.03 bits per heavy atom. The van der Waals surface area contributed by atoms with Crippen LogP contribution >= 0.6 is 34.4 Å². The first-order valence-corrected chi connectivity index (χ1v) is 12.0. The Morgan fingerprint density at radius 1 is 1.28 bits per heavy atom. The number of benzene rings is 2. The second kappa shape index (κ2) is 9.10. The van der Waals surface area contributed by atoms with Gasteiger partial charge in [0.1, 0.15) is 0 Å². The van der Waals surface area contributed by atoms with Gasteiger partial charge in [0.2, 0.25) is 11.1 Å². The van der Waals surface area contributed by atoms with Gasteiger partial charge < -0.3 is 9.47 Å². The molecule has 1 amide bonds. The van der Waals surface area contributed by atoms with E-state index in [0.717, 1.165) is 14.9 Å². The lowest BCUT2D eigenvalue weighted by Crippen LogP contribution is -2.60. The lowest BCUT2D eigenvalue weighted by atomic mass is 10.0. The molecule has 1 aromatic heterocycles. The summed E-state index contributed by atoms with van der Waals surface area (Å²) in [6.45, 7) is 3.50. The third-order valence-corrected chi connectivity index (χ3v) is 6.68. The summed E-state index contributed by atoms with van der Waals surface area (Å²) in [6.07, 6.45) is -0.677. The first-order chi connectivity index (χ1) is 15.4. The molecule has 1 N–H and O–H groups in total. The summed E-state index contributed by atoms with van der Waals surface area (Å²) in [5, 5.41) is 5.23. The molecule has 32 heavy (non-hydrogen) atoms. The number of hydrogen-bond donors (Lipinski definition) is 1. The standard InChI is InChI=1S/C22H21IN4O4S/c1-5-32-22-24-20(29)18-14-8-6-7-9-16(14)26(12(2)28)21(27(18)25-22)13-10-15(23)19(31-4)17(11-13)30-3/h6-11,21H,5H2,1-4H3/p+1. The number of anilines is 1. The molecule has 0 spiro atoms. The van der Waals surface area contributed by atoms with Crippen LogP contribution in [0.3, 0.4) is 0 Å². The number of carbonyl (C=O) groups excluding carboxylic acids is 1. The molecule has 4 rings (SSSR count). The maximum absolute atomic E-state index is 13.2. The van der Waals surface area contributed by atoms with Gasteiger partial charge in [0, 0.05) is 12.0 Å². The molecule has 2 heterocycles. The molecule has 0 saturated carbocycles. The number of H-pyrrole nitrogens is 1. The number of fused-ring (bicyclic) bond motifs is 3. The smallest absolute Gasteiger partial charge is 0.325 e. The van der Waals surface area contributed by atoms with E-state index in [2.05, 4.69) is 27.6 Å². The van der Waals surface area contributed by atoms with Gasteiger partial charge in [-0.25, -0.2) is 4.90 Å². The van der Waals surface area contributed by atoms with Crippen molar-refractivity contribution in [2.45, 2.75) is 25.2 Å². The number of carbonyl (C=O) groups is 1. The SMILES string of the molecule is CCSc1n[n+]2c(c(=O)[nH]1)-c1ccccc1N(C(C)=O)C2c1cc(I)c(OC)c(OC)c1. The van der Waals surface area contributed by atoms with Crippen LogP contribution in [0.5, 0.6) is 11.5 Å². The van der Waals surface area contributed by atoms with Gasteiger partial charge >= 0.3 is 11.3 Å². The van der Waals surface area contributed by atoms with Gasteiger partial charge in [0.25, 0.3) is 6.17 Å². The minimum atomic E-state index is -0.677. The number of hydrogen-bond acceptors (Lipinski definition) is 6. The fourth-order valence-corrected chi connectivity index (χ4v) is 5.33. The van der Waals surface area contributed by atoms with Crippen LogP contribution in [0.4, 0.5) is 5.69 Å². The molecule has 10 heteroatoms. The zero-order valence-electron chi connectivity index (χ0n) is 18.0. The minimum Gasteiger partial charge on any atom is -0.493 e. The molecule has 0 radical (unpaired) electrons. The van der Waals surface area contributed by atoms with Gasteiger partial charge in [0.15, 0.2) is 11.5 Å². The van der Waals surface area contributed by atoms with Gasteiger partial charge in [0.05, 0.1) is 34.6 Å². The van der Waals surface area contributed by atoms with Crippen molar-refractivity contribution in [1.82, 2.24) is 10.1 Å². The molecule has 1 aliphatic rings. The maximum Gasteiger partial charge on any atom is 0.325 e. The number of nitrogens with zero attached hydrogens (tertiary/aromatic N) is 3. The van der Waals surface area contributed by atoms with Crippen molar-refractivity contribution < 1.29 is 19.0 Å². The van der Waals surface area contributed by atoms with Crippen molar-refractivity contribution in [1.29, 1.82) is 0 Å². The lowest BCUT2D eigenvalue weighted by Gasteiger charge is -2.31. The number of methoxy groups -OCH3 is 2. The zero-order chi connectivity index (χ0) is 23.0. The van der Waals surface area contributed by atoms with Crippen molar-refractivity contribution in [2.24, 2.45) is 0 Å². The Balaban J connectivity index is 2.07. The van der Waals surface area contributed by atoms with Crippen LogP contribution in [-0.4, -0.2) is 36.0 Å². The van der Waals surface area contributed by atoms with E-state index in [1.54, 1.807) is 23.8 Å². The van der Waals surface area contributed by atoms with Crippen LogP contribution in [0.25, 0.3) is 11.3 Å². The molecule has 2 aromatic carbocycles. The number of ether oxygens (including phenoxy) is 2. The minimum absolute atomic E-state index is 0.169. The average Bonchev–Trinajstić information content (AvgIpc) is 2.77. The van der Waals surface area contributed by atoms with E-state index in [1.165, 1.54) is 18.7 Å². The molecule has 0 fully saturated rings.